The zero-order valence-electron chi connectivity index (χ0n) is 9.47. The lowest BCUT2D eigenvalue weighted by Gasteiger charge is -1.90. The summed E-state index contributed by atoms with van der Waals surface area (Å²) in [7, 11) is 1.88. The fourth-order valence-electron chi connectivity index (χ4n) is 1.64. The molecule has 0 fully saturated rings. The molecular weight excluding hydrogens is 218 g/mol. The highest BCUT2D eigenvalue weighted by molar-refractivity contribution is 5.83. The number of fused-ring (bicyclic) bond motifs is 1. The second kappa shape index (κ2) is 3.27. The Morgan fingerprint density at radius 3 is 2.82 bits per heavy atom. The minimum absolute atomic E-state index is 0.390. The molecule has 0 aliphatic rings. The first kappa shape index (κ1) is 9.76. The summed E-state index contributed by atoms with van der Waals surface area (Å²) < 4.78 is 1.79. The molecule has 0 bridgehead atoms. The van der Waals surface area contributed by atoms with Crippen LogP contribution in [0.2, 0.25) is 0 Å². The van der Waals surface area contributed by atoms with Gasteiger partial charge in [0.2, 0.25) is 0 Å². The van der Waals surface area contributed by atoms with Crippen LogP contribution in [0.15, 0.2) is 12.4 Å². The number of aromatic nitrogens is 6. The van der Waals surface area contributed by atoms with E-state index in [1.54, 1.807) is 4.68 Å². The number of aromatic amines is 1. The molecule has 0 spiro atoms. The van der Waals surface area contributed by atoms with Crippen LogP contribution in [0.5, 0.6) is 0 Å². The molecule has 3 rings (SSSR count). The topological polar surface area (TPSA) is 98.3 Å². The second-order valence-electron chi connectivity index (χ2n) is 3.84. The molecule has 0 unspecified atom stereocenters. The van der Waals surface area contributed by atoms with Crippen molar-refractivity contribution in [2.45, 2.75) is 6.92 Å². The van der Waals surface area contributed by atoms with Crippen molar-refractivity contribution < 1.29 is 0 Å². The molecule has 86 valence electrons. The van der Waals surface area contributed by atoms with E-state index in [4.69, 9.17) is 5.73 Å². The standard InChI is InChI=1S/C10H11N7/c1-5-3-6(16-17(5)2)9-14-7-8(11)12-4-13-10(7)15-9/h3-4H,1-2H3,(H3,11,12,13,14,15). The van der Waals surface area contributed by atoms with Crippen molar-refractivity contribution in [2.75, 3.05) is 5.73 Å². The summed E-state index contributed by atoms with van der Waals surface area (Å²) >= 11 is 0. The van der Waals surface area contributed by atoms with Gasteiger partial charge in [0.05, 0.1) is 0 Å². The molecule has 0 saturated carbocycles. The van der Waals surface area contributed by atoms with Crippen molar-refractivity contribution in [1.29, 1.82) is 0 Å². The minimum Gasteiger partial charge on any atom is -0.382 e. The molecule has 0 aromatic carbocycles. The fourth-order valence-corrected chi connectivity index (χ4v) is 1.64. The predicted molar refractivity (Wildman–Crippen MR) is 63.0 cm³/mol. The monoisotopic (exact) mass is 229 g/mol. The maximum absolute atomic E-state index is 5.73. The summed E-state index contributed by atoms with van der Waals surface area (Å²) in [5, 5.41) is 4.34. The van der Waals surface area contributed by atoms with E-state index in [-0.39, 0.29) is 0 Å². The Balaban J connectivity index is 2.21. The maximum atomic E-state index is 5.73. The van der Waals surface area contributed by atoms with Gasteiger partial charge >= 0.3 is 0 Å². The largest absolute Gasteiger partial charge is 0.382 e. The van der Waals surface area contributed by atoms with E-state index < -0.39 is 0 Å². The van der Waals surface area contributed by atoms with Crippen LogP contribution in [0, 0.1) is 6.92 Å². The lowest BCUT2D eigenvalue weighted by Crippen LogP contribution is -1.92. The number of nitrogens with two attached hydrogens (primary N) is 1. The first-order valence-corrected chi connectivity index (χ1v) is 5.12. The van der Waals surface area contributed by atoms with Crippen molar-refractivity contribution in [3.8, 4) is 11.5 Å². The summed E-state index contributed by atoms with van der Waals surface area (Å²) in [6, 6.07) is 1.95. The molecule has 17 heavy (non-hydrogen) atoms. The number of hydrogen-bond acceptors (Lipinski definition) is 5. The van der Waals surface area contributed by atoms with E-state index in [1.165, 1.54) is 6.33 Å². The van der Waals surface area contributed by atoms with Crippen LogP contribution in [0.4, 0.5) is 5.82 Å². The van der Waals surface area contributed by atoms with Crippen LogP contribution in [0.1, 0.15) is 5.69 Å². The number of anilines is 1. The van der Waals surface area contributed by atoms with Crippen LogP contribution in [0.3, 0.4) is 0 Å². The number of hydrogen-bond donors (Lipinski definition) is 2. The fraction of sp³-hybridized carbons (Fsp3) is 0.200. The minimum atomic E-state index is 0.390. The first-order chi connectivity index (χ1) is 8.15. The highest BCUT2D eigenvalue weighted by Crippen LogP contribution is 2.20. The Morgan fingerprint density at radius 1 is 1.35 bits per heavy atom. The lowest BCUT2D eigenvalue weighted by molar-refractivity contribution is 0.741. The van der Waals surface area contributed by atoms with Crippen molar-refractivity contribution >= 4 is 17.0 Å². The lowest BCUT2D eigenvalue weighted by atomic mass is 10.3. The van der Waals surface area contributed by atoms with Crippen molar-refractivity contribution in [3.05, 3.63) is 18.1 Å². The molecule has 0 radical (unpaired) electrons. The van der Waals surface area contributed by atoms with Gasteiger partial charge in [0, 0.05) is 12.7 Å². The van der Waals surface area contributed by atoms with E-state index in [0.29, 0.717) is 22.8 Å². The van der Waals surface area contributed by atoms with E-state index in [1.807, 2.05) is 20.0 Å². The smallest absolute Gasteiger partial charge is 0.183 e. The number of nitrogen functional groups attached to an aromatic ring is 1. The van der Waals surface area contributed by atoms with Gasteiger partial charge in [-0.25, -0.2) is 15.0 Å². The number of H-pyrrole nitrogens is 1. The summed E-state index contributed by atoms with van der Waals surface area (Å²) in [6.45, 7) is 1.98. The van der Waals surface area contributed by atoms with Crippen LogP contribution in [0.25, 0.3) is 22.7 Å². The van der Waals surface area contributed by atoms with Crippen molar-refractivity contribution in [1.82, 2.24) is 29.7 Å². The van der Waals surface area contributed by atoms with Gasteiger partial charge in [-0.1, -0.05) is 0 Å². The zero-order valence-corrected chi connectivity index (χ0v) is 9.47. The molecule has 7 heteroatoms. The van der Waals surface area contributed by atoms with Crippen LogP contribution in [-0.2, 0) is 7.05 Å². The van der Waals surface area contributed by atoms with Gasteiger partial charge in [0.25, 0.3) is 0 Å². The molecular formula is C10H11N7. The number of rotatable bonds is 1. The Labute approximate surface area is 96.7 Å². The third-order valence-electron chi connectivity index (χ3n) is 2.67. The van der Waals surface area contributed by atoms with E-state index in [0.717, 1.165) is 11.4 Å². The molecule has 0 atom stereocenters. The molecule has 3 N–H and O–H groups in total. The molecule has 0 saturated heterocycles. The summed E-state index contributed by atoms with van der Waals surface area (Å²) in [4.78, 5) is 15.4. The van der Waals surface area contributed by atoms with Crippen LogP contribution in [-0.4, -0.2) is 29.7 Å². The maximum Gasteiger partial charge on any atom is 0.183 e. The van der Waals surface area contributed by atoms with Gasteiger partial charge in [0.15, 0.2) is 17.3 Å². The quantitative estimate of drug-likeness (QED) is 0.638. The third-order valence-corrected chi connectivity index (χ3v) is 2.67. The molecule has 0 amide bonds. The van der Waals surface area contributed by atoms with Crippen molar-refractivity contribution in [3.63, 3.8) is 0 Å². The Hall–Kier alpha value is -2.44. The molecule has 3 aromatic heterocycles. The molecule has 3 aromatic rings. The summed E-state index contributed by atoms with van der Waals surface area (Å²) in [5.74, 6) is 1.04. The summed E-state index contributed by atoms with van der Waals surface area (Å²) in [5.41, 5.74) is 8.75. The van der Waals surface area contributed by atoms with E-state index in [2.05, 4.69) is 25.0 Å². The van der Waals surface area contributed by atoms with Gasteiger partial charge in [-0.3, -0.25) is 4.68 Å². The highest BCUT2D eigenvalue weighted by atomic mass is 15.3. The third kappa shape index (κ3) is 1.43. The number of aryl methyl sites for hydroxylation is 2. The number of nitrogens with one attached hydrogen (secondary N) is 1. The number of nitrogens with zero attached hydrogens (tertiary/aromatic N) is 5. The predicted octanol–water partition coefficient (Wildman–Crippen LogP) is 0.644. The molecule has 3 heterocycles. The SMILES string of the molecule is Cc1cc(-c2nc3ncnc(N)c3[nH]2)nn1C. The molecule has 0 aliphatic heterocycles. The second-order valence-corrected chi connectivity index (χ2v) is 3.84. The van der Waals surface area contributed by atoms with Crippen molar-refractivity contribution in [2.24, 2.45) is 7.05 Å². The molecule has 0 aliphatic carbocycles. The van der Waals surface area contributed by atoms with Crippen LogP contribution >= 0.6 is 0 Å². The summed E-state index contributed by atoms with van der Waals surface area (Å²) in [6.07, 6.45) is 1.39. The van der Waals surface area contributed by atoms with Crippen LogP contribution < -0.4 is 5.73 Å². The van der Waals surface area contributed by atoms with E-state index in [9.17, 15) is 0 Å². The Morgan fingerprint density at radius 2 is 2.18 bits per heavy atom. The van der Waals surface area contributed by atoms with E-state index >= 15 is 0 Å². The average Bonchev–Trinajstić information content (AvgIpc) is 2.85. The van der Waals surface area contributed by atoms with Gasteiger partial charge in [-0.2, -0.15) is 5.10 Å². The Kier molecular flexibility index (Phi) is 1.88. The average molecular weight is 229 g/mol. The Bertz CT molecular complexity index is 674. The van der Waals surface area contributed by atoms with Gasteiger partial charge in [0.1, 0.15) is 17.5 Å². The normalized spacial score (nSPS) is 11.2. The molecule has 7 nitrogen and oxygen atoms in total. The zero-order chi connectivity index (χ0) is 12.0. The van der Waals surface area contributed by atoms with Gasteiger partial charge in [-0.15, -0.1) is 0 Å². The highest BCUT2D eigenvalue weighted by Gasteiger charge is 2.11. The number of imidazole rings is 1. The van der Waals surface area contributed by atoms with Gasteiger partial charge in [-0.05, 0) is 13.0 Å². The van der Waals surface area contributed by atoms with Gasteiger partial charge < -0.3 is 10.7 Å². The first-order valence-electron chi connectivity index (χ1n) is 5.12.